The largest absolute Gasteiger partial charge is 0.434 e. The van der Waals surface area contributed by atoms with Gasteiger partial charge in [-0.25, -0.2) is 0 Å². The summed E-state index contributed by atoms with van der Waals surface area (Å²) in [6, 6.07) is 14.1. The maximum atomic E-state index is 12.5. The lowest BCUT2D eigenvalue weighted by molar-refractivity contribution is -0.116. The number of anilines is 1. The maximum absolute atomic E-state index is 12.5. The first-order chi connectivity index (χ1) is 14.4. The average molecular weight is 418 g/mol. The Labute approximate surface area is 175 Å². The molecule has 0 aromatic heterocycles. The number of halogens is 2. The lowest BCUT2D eigenvalue weighted by Crippen LogP contribution is -2.36. The Bertz CT molecular complexity index is 857. The first kappa shape index (κ1) is 23.1. The number of para-hydroxylation sites is 1. The molecule has 2 aromatic carbocycles. The molecule has 2 aromatic rings. The number of rotatable bonds is 9. The van der Waals surface area contributed by atoms with Crippen molar-refractivity contribution in [1.29, 1.82) is 0 Å². The normalized spacial score (nSPS) is 11.5. The molecule has 0 spiro atoms. The topological polar surface area (TPSA) is 74.8 Å². The molecule has 30 heavy (non-hydrogen) atoms. The molecular weight excluding hydrogens is 390 g/mol. The number of nitrogens with one attached hydrogen (secondary N) is 3. The van der Waals surface area contributed by atoms with Crippen molar-refractivity contribution >= 4 is 17.6 Å². The van der Waals surface area contributed by atoms with Gasteiger partial charge in [0.2, 0.25) is 5.91 Å². The summed E-state index contributed by atoms with van der Waals surface area (Å²) >= 11 is 0. The Hall–Kier alpha value is -3.16. The van der Waals surface area contributed by atoms with Gasteiger partial charge in [0.05, 0.1) is 0 Å². The van der Waals surface area contributed by atoms with Gasteiger partial charge in [-0.15, -0.1) is 0 Å². The van der Waals surface area contributed by atoms with E-state index in [0.29, 0.717) is 30.4 Å². The van der Waals surface area contributed by atoms with Crippen LogP contribution in [0.3, 0.4) is 0 Å². The third kappa shape index (κ3) is 8.06. The number of hydrogen-bond acceptors (Lipinski definition) is 3. The van der Waals surface area contributed by atoms with E-state index in [2.05, 4.69) is 25.7 Å². The summed E-state index contributed by atoms with van der Waals surface area (Å²) in [5, 5.41) is 9.14. The van der Waals surface area contributed by atoms with Gasteiger partial charge in [0.15, 0.2) is 5.96 Å². The van der Waals surface area contributed by atoms with Crippen molar-refractivity contribution in [3.05, 3.63) is 59.7 Å². The zero-order valence-electron chi connectivity index (χ0n) is 17.4. The molecule has 0 atom stereocenters. The van der Waals surface area contributed by atoms with Gasteiger partial charge in [0.1, 0.15) is 5.75 Å². The Kier molecular flexibility index (Phi) is 9.05. The third-order valence-electron chi connectivity index (χ3n) is 4.12. The summed E-state index contributed by atoms with van der Waals surface area (Å²) in [5.74, 6) is 0.911. The van der Waals surface area contributed by atoms with Gasteiger partial charge in [-0.1, -0.05) is 44.2 Å². The fourth-order valence-corrected chi connectivity index (χ4v) is 2.79. The van der Waals surface area contributed by atoms with Crippen molar-refractivity contribution in [3.63, 3.8) is 0 Å². The molecule has 2 rings (SSSR count). The molecule has 0 heterocycles. The standard InChI is InChI=1S/C22H28F2N4O2/c1-15(2)11-20(29)28-18-9-6-7-16(12-18)13-26-22(25-3)27-14-17-8-4-5-10-19(17)30-21(23)24/h4-10,12,15,21H,11,13-14H2,1-3H3,(H,28,29)(H2,25,26,27). The van der Waals surface area contributed by atoms with Crippen LogP contribution in [0.5, 0.6) is 5.75 Å². The highest BCUT2D eigenvalue weighted by Gasteiger charge is 2.10. The van der Waals surface area contributed by atoms with Crippen molar-refractivity contribution in [3.8, 4) is 5.75 Å². The van der Waals surface area contributed by atoms with Crippen LogP contribution < -0.4 is 20.7 Å². The molecule has 0 aliphatic rings. The highest BCUT2D eigenvalue weighted by molar-refractivity contribution is 5.90. The number of alkyl halides is 2. The number of hydrogen-bond donors (Lipinski definition) is 3. The van der Waals surface area contributed by atoms with Gasteiger partial charge in [-0.05, 0) is 29.7 Å². The number of benzene rings is 2. The smallest absolute Gasteiger partial charge is 0.387 e. The average Bonchev–Trinajstić information content (AvgIpc) is 2.68. The Morgan fingerprint density at radius 2 is 1.80 bits per heavy atom. The summed E-state index contributed by atoms with van der Waals surface area (Å²) in [6.07, 6.45) is 0.468. The number of amides is 1. The summed E-state index contributed by atoms with van der Waals surface area (Å²) in [5.41, 5.74) is 2.29. The van der Waals surface area contributed by atoms with E-state index in [1.54, 1.807) is 25.2 Å². The molecule has 0 aliphatic carbocycles. The quantitative estimate of drug-likeness (QED) is 0.423. The van der Waals surface area contributed by atoms with Crippen LogP contribution in [0.1, 0.15) is 31.4 Å². The van der Waals surface area contributed by atoms with Crippen LogP contribution in [0.25, 0.3) is 0 Å². The van der Waals surface area contributed by atoms with E-state index < -0.39 is 6.61 Å². The summed E-state index contributed by atoms with van der Waals surface area (Å²) in [7, 11) is 1.62. The first-order valence-corrected chi connectivity index (χ1v) is 9.73. The highest BCUT2D eigenvalue weighted by atomic mass is 19.3. The maximum Gasteiger partial charge on any atom is 0.387 e. The van der Waals surface area contributed by atoms with Crippen LogP contribution in [0.15, 0.2) is 53.5 Å². The second-order valence-electron chi connectivity index (χ2n) is 7.11. The molecule has 0 saturated heterocycles. The molecule has 0 bridgehead atoms. The molecular formula is C22H28F2N4O2. The van der Waals surface area contributed by atoms with Gasteiger partial charge in [-0.2, -0.15) is 8.78 Å². The Morgan fingerprint density at radius 1 is 1.07 bits per heavy atom. The van der Waals surface area contributed by atoms with Gasteiger partial charge in [0.25, 0.3) is 0 Å². The molecule has 162 valence electrons. The molecule has 0 radical (unpaired) electrons. The van der Waals surface area contributed by atoms with E-state index >= 15 is 0 Å². The minimum atomic E-state index is -2.88. The van der Waals surface area contributed by atoms with E-state index in [4.69, 9.17) is 0 Å². The van der Waals surface area contributed by atoms with Crippen LogP contribution >= 0.6 is 0 Å². The molecule has 8 heteroatoms. The number of carbonyl (C=O) groups is 1. The third-order valence-corrected chi connectivity index (χ3v) is 4.12. The number of guanidine groups is 1. The van der Waals surface area contributed by atoms with E-state index in [0.717, 1.165) is 11.3 Å². The lowest BCUT2D eigenvalue weighted by atomic mass is 10.1. The van der Waals surface area contributed by atoms with E-state index in [1.807, 2.05) is 38.1 Å². The Morgan fingerprint density at radius 3 is 2.50 bits per heavy atom. The fraction of sp³-hybridized carbons (Fsp3) is 0.364. The highest BCUT2D eigenvalue weighted by Crippen LogP contribution is 2.20. The molecule has 0 fully saturated rings. The number of carbonyl (C=O) groups excluding carboxylic acids is 1. The molecule has 1 amide bonds. The van der Waals surface area contributed by atoms with Crippen LogP contribution in [-0.4, -0.2) is 25.5 Å². The summed E-state index contributed by atoms with van der Waals surface area (Å²) in [6.45, 7) is 1.86. The number of ether oxygens (including phenoxy) is 1. The van der Waals surface area contributed by atoms with Gasteiger partial charge in [0, 0.05) is 37.8 Å². The number of nitrogens with zero attached hydrogens (tertiary/aromatic N) is 1. The summed E-state index contributed by atoms with van der Waals surface area (Å²) in [4.78, 5) is 16.1. The van der Waals surface area contributed by atoms with Crippen LogP contribution in [0, 0.1) is 5.92 Å². The molecule has 6 nitrogen and oxygen atoms in total. The molecule has 0 saturated carbocycles. The van der Waals surface area contributed by atoms with Gasteiger partial charge >= 0.3 is 6.61 Å². The van der Waals surface area contributed by atoms with Crippen LogP contribution in [0.2, 0.25) is 0 Å². The number of aliphatic imine (C=N–C) groups is 1. The minimum absolute atomic E-state index is 0.0164. The van der Waals surface area contributed by atoms with Crippen molar-refractivity contribution < 1.29 is 18.3 Å². The van der Waals surface area contributed by atoms with Crippen LogP contribution in [0.4, 0.5) is 14.5 Å². The summed E-state index contributed by atoms with van der Waals surface area (Å²) < 4.78 is 29.6. The lowest BCUT2D eigenvalue weighted by Gasteiger charge is -2.15. The predicted molar refractivity (Wildman–Crippen MR) is 115 cm³/mol. The molecule has 3 N–H and O–H groups in total. The SMILES string of the molecule is CN=C(NCc1cccc(NC(=O)CC(C)C)c1)NCc1ccccc1OC(F)F. The van der Waals surface area contributed by atoms with Crippen molar-refractivity contribution in [2.24, 2.45) is 10.9 Å². The monoisotopic (exact) mass is 418 g/mol. The first-order valence-electron chi connectivity index (χ1n) is 9.73. The second kappa shape index (κ2) is 11.7. The van der Waals surface area contributed by atoms with E-state index in [9.17, 15) is 13.6 Å². The van der Waals surface area contributed by atoms with Crippen LogP contribution in [-0.2, 0) is 17.9 Å². The predicted octanol–water partition coefficient (Wildman–Crippen LogP) is 4.14. The van der Waals surface area contributed by atoms with E-state index in [1.165, 1.54) is 6.07 Å². The van der Waals surface area contributed by atoms with E-state index in [-0.39, 0.29) is 18.2 Å². The minimum Gasteiger partial charge on any atom is -0.434 e. The Balaban J connectivity index is 1.91. The zero-order valence-corrected chi connectivity index (χ0v) is 17.4. The fourth-order valence-electron chi connectivity index (χ4n) is 2.79. The van der Waals surface area contributed by atoms with Crippen molar-refractivity contribution in [2.45, 2.75) is 40.0 Å². The second-order valence-corrected chi connectivity index (χ2v) is 7.11. The molecule has 0 aliphatic heterocycles. The van der Waals surface area contributed by atoms with Gasteiger partial charge < -0.3 is 20.7 Å². The molecule has 0 unspecified atom stereocenters. The van der Waals surface area contributed by atoms with Gasteiger partial charge in [-0.3, -0.25) is 9.79 Å². The van der Waals surface area contributed by atoms with Crippen molar-refractivity contribution in [2.75, 3.05) is 12.4 Å². The van der Waals surface area contributed by atoms with Crippen molar-refractivity contribution in [1.82, 2.24) is 10.6 Å². The zero-order chi connectivity index (χ0) is 21.9.